The smallest absolute Gasteiger partial charge is 0.235 e. The van der Waals surface area contributed by atoms with Crippen molar-refractivity contribution in [2.45, 2.75) is 57.3 Å². The molecule has 28 heavy (non-hydrogen) atoms. The van der Waals surface area contributed by atoms with Crippen LogP contribution in [0.15, 0.2) is 71.9 Å². The molecule has 0 spiro atoms. The number of nitrogens with zero attached hydrogens (tertiary/aromatic N) is 1. The monoisotopic (exact) mass is 371 g/mol. The van der Waals surface area contributed by atoms with E-state index in [9.17, 15) is 4.79 Å². The standard InChI is InChI=1S/C26H29NO/c1-2-26-16-9-15-21-22(19-11-5-3-6-12-19)23(20-13-7-4-8-14-20)25(28)27(24(21)26)18-10-17-26/h3-8,11-14,22-23H,2,9-10,15-18H2,1H3/t22-,23-,26+/m1/s1. The van der Waals surface area contributed by atoms with Gasteiger partial charge in [0.15, 0.2) is 0 Å². The summed E-state index contributed by atoms with van der Waals surface area (Å²) >= 11 is 0. The van der Waals surface area contributed by atoms with Crippen LogP contribution in [0.4, 0.5) is 0 Å². The fraction of sp³-hybridized carbons (Fsp3) is 0.423. The van der Waals surface area contributed by atoms with E-state index in [1.165, 1.54) is 30.5 Å². The van der Waals surface area contributed by atoms with Crippen molar-refractivity contribution >= 4 is 5.91 Å². The van der Waals surface area contributed by atoms with Gasteiger partial charge in [-0.1, -0.05) is 67.6 Å². The zero-order chi connectivity index (χ0) is 19.1. The summed E-state index contributed by atoms with van der Waals surface area (Å²) in [7, 11) is 0. The van der Waals surface area contributed by atoms with E-state index in [4.69, 9.17) is 0 Å². The highest BCUT2D eigenvalue weighted by Crippen LogP contribution is 2.58. The Morgan fingerprint density at radius 3 is 2.14 bits per heavy atom. The molecule has 0 saturated carbocycles. The first-order chi connectivity index (χ1) is 13.7. The molecule has 0 aromatic heterocycles. The molecule has 1 amide bonds. The second kappa shape index (κ2) is 6.92. The van der Waals surface area contributed by atoms with E-state index in [0.717, 1.165) is 31.4 Å². The van der Waals surface area contributed by atoms with Gasteiger partial charge >= 0.3 is 0 Å². The summed E-state index contributed by atoms with van der Waals surface area (Å²) in [5, 5.41) is 0. The summed E-state index contributed by atoms with van der Waals surface area (Å²) in [4.78, 5) is 16.1. The maximum atomic E-state index is 13.9. The lowest BCUT2D eigenvalue weighted by atomic mass is 9.60. The Morgan fingerprint density at radius 1 is 0.893 bits per heavy atom. The van der Waals surface area contributed by atoms with Gasteiger partial charge in [0.25, 0.3) is 0 Å². The van der Waals surface area contributed by atoms with Gasteiger partial charge in [0, 0.05) is 23.6 Å². The van der Waals surface area contributed by atoms with Crippen molar-refractivity contribution in [3.8, 4) is 0 Å². The summed E-state index contributed by atoms with van der Waals surface area (Å²) in [5.74, 6) is 0.387. The molecule has 0 N–H and O–H groups in total. The molecule has 0 radical (unpaired) electrons. The van der Waals surface area contributed by atoms with E-state index in [-0.39, 0.29) is 17.3 Å². The summed E-state index contributed by atoms with van der Waals surface area (Å²) in [6, 6.07) is 21.2. The third kappa shape index (κ3) is 2.57. The van der Waals surface area contributed by atoms with Crippen LogP contribution in [0, 0.1) is 5.41 Å². The van der Waals surface area contributed by atoms with Gasteiger partial charge in [-0.15, -0.1) is 0 Å². The molecular weight excluding hydrogens is 342 g/mol. The average molecular weight is 372 g/mol. The second-order valence-electron chi connectivity index (χ2n) is 8.73. The summed E-state index contributed by atoms with van der Waals surface area (Å²) < 4.78 is 0. The van der Waals surface area contributed by atoms with Gasteiger partial charge in [-0.05, 0) is 55.2 Å². The zero-order valence-corrected chi connectivity index (χ0v) is 16.7. The van der Waals surface area contributed by atoms with Gasteiger partial charge < -0.3 is 4.90 Å². The molecule has 3 atom stereocenters. The van der Waals surface area contributed by atoms with E-state index in [1.807, 2.05) is 6.07 Å². The highest BCUT2D eigenvalue weighted by molar-refractivity contribution is 5.89. The van der Waals surface area contributed by atoms with Crippen LogP contribution in [-0.2, 0) is 4.79 Å². The van der Waals surface area contributed by atoms with Crippen molar-refractivity contribution in [2.24, 2.45) is 5.41 Å². The maximum Gasteiger partial charge on any atom is 0.235 e. The first-order valence-electron chi connectivity index (χ1n) is 10.9. The lowest BCUT2D eigenvalue weighted by Gasteiger charge is -2.54. The molecule has 0 bridgehead atoms. The molecule has 2 nitrogen and oxygen atoms in total. The molecule has 2 aromatic rings. The fourth-order valence-electron chi connectivity index (χ4n) is 6.19. The van der Waals surface area contributed by atoms with Crippen molar-refractivity contribution < 1.29 is 4.79 Å². The normalized spacial score (nSPS) is 29.6. The van der Waals surface area contributed by atoms with Gasteiger partial charge in [-0.25, -0.2) is 0 Å². The van der Waals surface area contributed by atoms with E-state index in [0.29, 0.717) is 5.91 Å². The number of hydrogen-bond acceptors (Lipinski definition) is 1. The molecule has 2 aliphatic heterocycles. The maximum absolute atomic E-state index is 13.9. The molecule has 144 valence electrons. The van der Waals surface area contributed by atoms with E-state index >= 15 is 0 Å². The molecule has 3 aliphatic rings. The number of allylic oxidation sites excluding steroid dienone is 2. The third-order valence-corrected chi connectivity index (χ3v) is 7.45. The second-order valence-corrected chi connectivity index (χ2v) is 8.73. The Labute approximate surface area is 168 Å². The molecule has 2 aromatic carbocycles. The van der Waals surface area contributed by atoms with Gasteiger partial charge in [-0.3, -0.25) is 4.79 Å². The number of piperidine rings is 1. The molecule has 1 saturated heterocycles. The van der Waals surface area contributed by atoms with Crippen LogP contribution >= 0.6 is 0 Å². The molecule has 2 heterocycles. The van der Waals surface area contributed by atoms with Crippen molar-refractivity contribution in [1.82, 2.24) is 4.90 Å². The minimum atomic E-state index is -0.104. The minimum absolute atomic E-state index is 0.104. The van der Waals surface area contributed by atoms with E-state index < -0.39 is 0 Å². The van der Waals surface area contributed by atoms with Gasteiger partial charge in [0.1, 0.15) is 0 Å². The number of carbonyl (C=O) groups is 1. The van der Waals surface area contributed by atoms with Crippen LogP contribution in [0.5, 0.6) is 0 Å². The quantitative estimate of drug-likeness (QED) is 0.645. The summed E-state index contributed by atoms with van der Waals surface area (Å²) in [6.07, 6.45) is 7.14. The van der Waals surface area contributed by atoms with Crippen LogP contribution in [-0.4, -0.2) is 17.4 Å². The predicted octanol–water partition coefficient (Wildman–Crippen LogP) is 6.02. The van der Waals surface area contributed by atoms with Gasteiger partial charge in [-0.2, -0.15) is 0 Å². The van der Waals surface area contributed by atoms with Crippen LogP contribution < -0.4 is 0 Å². The van der Waals surface area contributed by atoms with Crippen LogP contribution in [0.3, 0.4) is 0 Å². The first kappa shape index (κ1) is 17.7. The largest absolute Gasteiger partial charge is 0.315 e. The van der Waals surface area contributed by atoms with Crippen LogP contribution in [0.2, 0.25) is 0 Å². The Morgan fingerprint density at radius 2 is 1.50 bits per heavy atom. The van der Waals surface area contributed by atoms with Crippen molar-refractivity contribution in [2.75, 3.05) is 6.54 Å². The number of hydrogen-bond donors (Lipinski definition) is 0. The number of benzene rings is 2. The van der Waals surface area contributed by atoms with E-state index in [2.05, 4.69) is 66.4 Å². The van der Waals surface area contributed by atoms with Crippen molar-refractivity contribution in [3.63, 3.8) is 0 Å². The molecule has 0 unspecified atom stereocenters. The summed E-state index contributed by atoms with van der Waals surface area (Å²) in [5.41, 5.74) is 5.64. The Kier molecular flexibility index (Phi) is 4.38. The highest BCUT2D eigenvalue weighted by Gasteiger charge is 2.52. The lowest BCUT2D eigenvalue weighted by Crippen LogP contribution is -2.52. The van der Waals surface area contributed by atoms with Crippen molar-refractivity contribution in [1.29, 1.82) is 0 Å². The summed E-state index contributed by atoms with van der Waals surface area (Å²) in [6.45, 7) is 3.22. The molecule has 1 fully saturated rings. The Hall–Kier alpha value is -2.35. The minimum Gasteiger partial charge on any atom is -0.315 e. The lowest BCUT2D eigenvalue weighted by molar-refractivity contribution is -0.135. The highest BCUT2D eigenvalue weighted by atomic mass is 16.2. The van der Waals surface area contributed by atoms with E-state index in [1.54, 1.807) is 5.57 Å². The fourth-order valence-corrected chi connectivity index (χ4v) is 6.19. The van der Waals surface area contributed by atoms with Crippen LogP contribution in [0.25, 0.3) is 0 Å². The number of rotatable bonds is 3. The Bertz CT molecular complexity index is 901. The molecule has 5 rings (SSSR count). The Balaban J connectivity index is 1.76. The average Bonchev–Trinajstić information content (AvgIpc) is 2.77. The molecule has 2 heteroatoms. The zero-order valence-electron chi connectivity index (χ0n) is 16.7. The first-order valence-corrected chi connectivity index (χ1v) is 10.9. The van der Waals surface area contributed by atoms with Gasteiger partial charge in [0.05, 0.1) is 5.92 Å². The van der Waals surface area contributed by atoms with Crippen LogP contribution in [0.1, 0.15) is 68.4 Å². The predicted molar refractivity (Wildman–Crippen MR) is 113 cm³/mol. The topological polar surface area (TPSA) is 20.3 Å². The van der Waals surface area contributed by atoms with Crippen molar-refractivity contribution in [3.05, 3.63) is 83.1 Å². The number of amides is 1. The molecular formula is C26H29NO. The molecule has 1 aliphatic carbocycles. The SMILES string of the molecule is CC[C@@]12CCCC3=C1N(CCC2)C(=O)[C@H](c1ccccc1)[C@@H]3c1ccccc1. The van der Waals surface area contributed by atoms with Gasteiger partial charge in [0.2, 0.25) is 5.91 Å². The third-order valence-electron chi connectivity index (χ3n) is 7.45. The number of carbonyl (C=O) groups excluding carboxylic acids is 1.